The fraction of sp³-hybridized carbons (Fsp3) is 0.263. The van der Waals surface area contributed by atoms with Gasteiger partial charge in [0, 0.05) is 36.5 Å². The number of hydrogen-bond donors (Lipinski definition) is 1. The largest absolute Gasteiger partial charge is 0.350 e. The van der Waals surface area contributed by atoms with Crippen molar-refractivity contribution in [3.05, 3.63) is 69.8 Å². The van der Waals surface area contributed by atoms with Gasteiger partial charge in [-0.3, -0.25) is 14.3 Å². The molecule has 0 radical (unpaired) electrons. The van der Waals surface area contributed by atoms with Gasteiger partial charge in [-0.1, -0.05) is 30.3 Å². The fourth-order valence-corrected chi connectivity index (χ4v) is 2.78. The number of carbonyl (C=O) groups is 1. The van der Waals surface area contributed by atoms with E-state index in [1.807, 2.05) is 51.2 Å². The first-order valence-corrected chi connectivity index (χ1v) is 8.35. The quantitative estimate of drug-likeness (QED) is 0.757. The summed E-state index contributed by atoms with van der Waals surface area (Å²) in [5, 5.41) is 11.5. The third-order valence-corrected chi connectivity index (χ3v) is 4.35. The molecule has 0 fully saturated rings. The van der Waals surface area contributed by atoms with Gasteiger partial charge in [0.1, 0.15) is 6.54 Å². The van der Waals surface area contributed by atoms with E-state index in [-0.39, 0.29) is 18.0 Å². The van der Waals surface area contributed by atoms with E-state index in [0.29, 0.717) is 12.2 Å². The van der Waals surface area contributed by atoms with Crippen molar-refractivity contribution in [2.24, 2.45) is 7.05 Å². The summed E-state index contributed by atoms with van der Waals surface area (Å²) >= 11 is 0. The van der Waals surface area contributed by atoms with Gasteiger partial charge in [0.2, 0.25) is 5.91 Å². The van der Waals surface area contributed by atoms with Gasteiger partial charge >= 0.3 is 0 Å². The maximum absolute atomic E-state index is 12.3. The Balaban J connectivity index is 1.72. The molecule has 0 bridgehead atoms. The summed E-state index contributed by atoms with van der Waals surface area (Å²) in [7, 11) is 1.87. The molecule has 26 heavy (non-hydrogen) atoms. The number of benzene rings is 1. The molecule has 2 aromatic heterocycles. The maximum Gasteiger partial charge on any atom is 0.267 e. The lowest BCUT2D eigenvalue weighted by atomic mass is 10.1. The number of aryl methyl sites for hydroxylation is 2. The van der Waals surface area contributed by atoms with Crippen LogP contribution in [0.5, 0.6) is 0 Å². The van der Waals surface area contributed by atoms with Crippen molar-refractivity contribution in [1.29, 1.82) is 0 Å². The summed E-state index contributed by atoms with van der Waals surface area (Å²) in [6, 6.07) is 12.6. The minimum atomic E-state index is -0.312. The minimum Gasteiger partial charge on any atom is -0.350 e. The second kappa shape index (κ2) is 7.35. The topological polar surface area (TPSA) is 81.8 Å². The van der Waals surface area contributed by atoms with Crippen LogP contribution in [0.25, 0.3) is 11.3 Å². The molecule has 0 saturated heterocycles. The molecule has 3 aromatic rings. The lowest BCUT2D eigenvalue weighted by Gasteiger charge is -2.09. The summed E-state index contributed by atoms with van der Waals surface area (Å²) in [5.74, 6) is -0.271. The van der Waals surface area contributed by atoms with E-state index in [9.17, 15) is 9.59 Å². The van der Waals surface area contributed by atoms with E-state index in [2.05, 4.69) is 15.5 Å². The lowest BCUT2D eigenvalue weighted by Crippen LogP contribution is -2.33. The van der Waals surface area contributed by atoms with Crippen LogP contribution in [0.4, 0.5) is 0 Å². The van der Waals surface area contributed by atoms with Crippen molar-refractivity contribution in [2.75, 3.05) is 0 Å². The molecule has 0 atom stereocenters. The van der Waals surface area contributed by atoms with E-state index in [1.165, 1.54) is 10.7 Å². The van der Waals surface area contributed by atoms with Gasteiger partial charge in [0.05, 0.1) is 11.4 Å². The molecular weight excluding hydrogens is 330 g/mol. The molecule has 0 aliphatic carbocycles. The SMILES string of the molecule is Cc1nn(C)c(C)c1CNC(=O)Cn1nc(-c2ccccc2)ccc1=O. The fourth-order valence-electron chi connectivity index (χ4n) is 2.78. The summed E-state index contributed by atoms with van der Waals surface area (Å²) in [5.41, 5.74) is 4.10. The number of nitrogens with zero attached hydrogens (tertiary/aromatic N) is 4. The standard InChI is InChI=1S/C19H21N5O2/c1-13-16(14(2)23(3)21-13)11-20-18(25)12-24-19(26)10-9-17(22-24)15-7-5-4-6-8-15/h4-10H,11-12H2,1-3H3,(H,20,25). The summed E-state index contributed by atoms with van der Waals surface area (Å²) in [4.78, 5) is 24.3. The molecule has 134 valence electrons. The lowest BCUT2D eigenvalue weighted by molar-refractivity contribution is -0.122. The first-order valence-electron chi connectivity index (χ1n) is 8.35. The van der Waals surface area contributed by atoms with Crippen LogP contribution in [0.2, 0.25) is 0 Å². The van der Waals surface area contributed by atoms with E-state index in [0.717, 1.165) is 22.5 Å². The van der Waals surface area contributed by atoms with Crippen LogP contribution in [-0.2, 0) is 24.9 Å². The van der Waals surface area contributed by atoms with Crippen LogP contribution in [-0.4, -0.2) is 25.5 Å². The highest BCUT2D eigenvalue weighted by atomic mass is 16.2. The molecule has 0 aliphatic heterocycles. The second-order valence-electron chi connectivity index (χ2n) is 6.13. The Morgan fingerprint density at radius 3 is 2.46 bits per heavy atom. The Bertz CT molecular complexity index is 989. The Hall–Kier alpha value is -3.22. The molecule has 0 saturated carbocycles. The predicted molar refractivity (Wildman–Crippen MR) is 98.5 cm³/mol. The van der Waals surface area contributed by atoms with Gasteiger partial charge in [-0.2, -0.15) is 10.2 Å². The van der Waals surface area contributed by atoms with Crippen molar-refractivity contribution in [3.8, 4) is 11.3 Å². The van der Waals surface area contributed by atoms with E-state index in [1.54, 1.807) is 10.7 Å². The molecule has 1 N–H and O–H groups in total. The highest BCUT2D eigenvalue weighted by Crippen LogP contribution is 2.14. The average molecular weight is 351 g/mol. The second-order valence-corrected chi connectivity index (χ2v) is 6.13. The van der Waals surface area contributed by atoms with Crippen LogP contribution in [0.15, 0.2) is 47.3 Å². The average Bonchev–Trinajstić information content (AvgIpc) is 2.88. The van der Waals surface area contributed by atoms with Gasteiger partial charge in [-0.05, 0) is 19.9 Å². The van der Waals surface area contributed by atoms with E-state index < -0.39 is 0 Å². The third kappa shape index (κ3) is 3.72. The summed E-state index contributed by atoms with van der Waals surface area (Å²) in [6.45, 7) is 4.11. The van der Waals surface area contributed by atoms with Crippen LogP contribution in [0.1, 0.15) is 17.0 Å². The molecule has 0 spiro atoms. The van der Waals surface area contributed by atoms with Crippen LogP contribution < -0.4 is 10.9 Å². The highest BCUT2D eigenvalue weighted by molar-refractivity contribution is 5.75. The number of rotatable bonds is 5. The molecule has 3 rings (SSSR count). The molecular formula is C19H21N5O2. The van der Waals surface area contributed by atoms with Crippen LogP contribution >= 0.6 is 0 Å². The van der Waals surface area contributed by atoms with Gasteiger partial charge < -0.3 is 5.32 Å². The van der Waals surface area contributed by atoms with Crippen molar-refractivity contribution < 1.29 is 4.79 Å². The smallest absolute Gasteiger partial charge is 0.267 e. The number of carbonyl (C=O) groups excluding carboxylic acids is 1. The van der Waals surface area contributed by atoms with Crippen molar-refractivity contribution in [2.45, 2.75) is 26.9 Å². The maximum atomic E-state index is 12.3. The predicted octanol–water partition coefficient (Wildman–Crippen LogP) is 1.58. The van der Waals surface area contributed by atoms with E-state index >= 15 is 0 Å². The number of aromatic nitrogens is 4. The molecule has 7 heteroatoms. The summed E-state index contributed by atoms with van der Waals surface area (Å²) < 4.78 is 2.97. The normalized spacial score (nSPS) is 10.7. The molecule has 7 nitrogen and oxygen atoms in total. The first-order chi connectivity index (χ1) is 12.5. The molecule has 1 amide bonds. The number of amides is 1. The molecule has 1 aromatic carbocycles. The number of nitrogens with one attached hydrogen (secondary N) is 1. The van der Waals surface area contributed by atoms with Gasteiger partial charge in [-0.15, -0.1) is 0 Å². The van der Waals surface area contributed by atoms with Crippen molar-refractivity contribution >= 4 is 5.91 Å². The highest BCUT2D eigenvalue weighted by Gasteiger charge is 2.12. The Kier molecular flexibility index (Phi) is 4.97. The minimum absolute atomic E-state index is 0.127. The van der Waals surface area contributed by atoms with E-state index in [4.69, 9.17) is 0 Å². The van der Waals surface area contributed by atoms with Crippen LogP contribution in [0.3, 0.4) is 0 Å². The Labute approximate surface area is 151 Å². The molecule has 0 aliphatic rings. The number of hydrogen-bond acceptors (Lipinski definition) is 4. The Morgan fingerprint density at radius 2 is 1.81 bits per heavy atom. The zero-order valence-corrected chi connectivity index (χ0v) is 15.1. The monoisotopic (exact) mass is 351 g/mol. The molecule has 2 heterocycles. The summed E-state index contributed by atoms with van der Waals surface area (Å²) in [6.07, 6.45) is 0. The van der Waals surface area contributed by atoms with Crippen molar-refractivity contribution in [1.82, 2.24) is 24.9 Å². The first kappa shape index (κ1) is 17.6. The molecule has 0 unspecified atom stereocenters. The zero-order chi connectivity index (χ0) is 18.7. The zero-order valence-electron chi connectivity index (χ0n) is 15.1. The van der Waals surface area contributed by atoms with Gasteiger partial charge in [0.25, 0.3) is 5.56 Å². The Morgan fingerprint density at radius 1 is 1.08 bits per heavy atom. The van der Waals surface area contributed by atoms with Gasteiger partial charge in [0.15, 0.2) is 0 Å². The third-order valence-electron chi connectivity index (χ3n) is 4.35. The van der Waals surface area contributed by atoms with Gasteiger partial charge in [-0.25, -0.2) is 4.68 Å². The van der Waals surface area contributed by atoms with Crippen molar-refractivity contribution in [3.63, 3.8) is 0 Å². The van der Waals surface area contributed by atoms with Crippen LogP contribution in [0, 0.1) is 13.8 Å².